The quantitative estimate of drug-likeness (QED) is 0.536. The van der Waals surface area contributed by atoms with Crippen LogP contribution in [0, 0.1) is 0 Å². The van der Waals surface area contributed by atoms with Crippen molar-refractivity contribution >= 4 is 17.2 Å². The van der Waals surface area contributed by atoms with Crippen molar-refractivity contribution in [3.05, 3.63) is 77.9 Å². The van der Waals surface area contributed by atoms with Gasteiger partial charge in [-0.3, -0.25) is 0 Å². The number of nitrogens with zero attached hydrogens (tertiary/aromatic N) is 3. The SMILES string of the molecule is Clc1ccccc1-c1nc2c(-c3ccccc3)cccn2n1. The van der Waals surface area contributed by atoms with Crippen LogP contribution in [-0.2, 0) is 0 Å². The van der Waals surface area contributed by atoms with Gasteiger partial charge in [-0.25, -0.2) is 9.50 Å². The summed E-state index contributed by atoms with van der Waals surface area (Å²) in [7, 11) is 0. The highest BCUT2D eigenvalue weighted by Gasteiger charge is 2.12. The van der Waals surface area contributed by atoms with Crippen LogP contribution in [0.4, 0.5) is 0 Å². The lowest BCUT2D eigenvalue weighted by atomic mass is 10.1. The van der Waals surface area contributed by atoms with E-state index in [-0.39, 0.29) is 0 Å². The van der Waals surface area contributed by atoms with Gasteiger partial charge in [0.15, 0.2) is 11.5 Å². The zero-order valence-corrected chi connectivity index (χ0v) is 12.4. The number of benzene rings is 2. The zero-order valence-electron chi connectivity index (χ0n) is 11.6. The van der Waals surface area contributed by atoms with Crippen LogP contribution in [0.5, 0.6) is 0 Å². The van der Waals surface area contributed by atoms with Gasteiger partial charge in [-0.15, -0.1) is 5.10 Å². The van der Waals surface area contributed by atoms with Crippen LogP contribution >= 0.6 is 11.6 Å². The third kappa shape index (κ3) is 2.16. The second-order valence-corrected chi connectivity index (χ2v) is 5.38. The molecule has 2 aromatic heterocycles. The summed E-state index contributed by atoms with van der Waals surface area (Å²) in [5, 5.41) is 5.20. The van der Waals surface area contributed by atoms with E-state index in [1.165, 1.54) is 0 Å². The maximum Gasteiger partial charge on any atom is 0.183 e. The van der Waals surface area contributed by atoms with Crippen LogP contribution in [0.15, 0.2) is 72.9 Å². The van der Waals surface area contributed by atoms with Crippen molar-refractivity contribution in [3.8, 4) is 22.5 Å². The molecular weight excluding hydrogens is 294 g/mol. The van der Waals surface area contributed by atoms with Crippen molar-refractivity contribution in [2.24, 2.45) is 0 Å². The molecule has 0 spiro atoms. The predicted octanol–water partition coefficient (Wildman–Crippen LogP) is 4.72. The van der Waals surface area contributed by atoms with Gasteiger partial charge in [0, 0.05) is 17.3 Å². The molecule has 0 aliphatic carbocycles. The molecule has 2 aromatic carbocycles. The Morgan fingerprint density at radius 1 is 0.773 bits per heavy atom. The minimum absolute atomic E-state index is 0.633. The summed E-state index contributed by atoms with van der Waals surface area (Å²) in [5.74, 6) is 0.633. The van der Waals surface area contributed by atoms with Gasteiger partial charge in [0.25, 0.3) is 0 Å². The van der Waals surface area contributed by atoms with Crippen molar-refractivity contribution in [1.82, 2.24) is 14.6 Å². The van der Waals surface area contributed by atoms with Crippen LogP contribution in [0.1, 0.15) is 0 Å². The van der Waals surface area contributed by atoms with E-state index in [1.54, 1.807) is 4.52 Å². The third-order valence-electron chi connectivity index (χ3n) is 3.56. The first-order chi connectivity index (χ1) is 10.8. The predicted molar refractivity (Wildman–Crippen MR) is 88.9 cm³/mol. The van der Waals surface area contributed by atoms with E-state index in [9.17, 15) is 0 Å². The van der Waals surface area contributed by atoms with E-state index in [1.807, 2.05) is 54.7 Å². The summed E-state index contributed by atoms with van der Waals surface area (Å²) in [5.41, 5.74) is 3.83. The van der Waals surface area contributed by atoms with Crippen molar-refractivity contribution in [2.45, 2.75) is 0 Å². The molecule has 3 nitrogen and oxygen atoms in total. The molecule has 4 aromatic rings. The maximum atomic E-state index is 6.25. The first-order valence-corrected chi connectivity index (χ1v) is 7.36. The number of pyridine rings is 1. The van der Waals surface area contributed by atoms with Gasteiger partial charge < -0.3 is 0 Å². The summed E-state index contributed by atoms with van der Waals surface area (Å²) >= 11 is 6.25. The van der Waals surface area contributed by atoms with Gasteiger partial charge in [0.05, 0.1) is 5.02 Å². The number of hydrogen-bond donors (Lipinski definition) is 0. The molecule has 0 radical (unpaired) electrons. The highest BCUT2D eigenvalue weighted by molar-refractivity contribution is 6.33. The minimum atomic E-state index is 0.633. The van der Waals surface area contributed by atoms with E-state index in [0.717, 1.165) is 22.3 Å². The summed E-state index contributed by atoms with van der Waals surface area (Å²) in [6.07, 6.45) is 1.90. The summed E-state index contributed by atoms with van der Waals surface area (Å²) in [6.45, 7) is 0. The molecule has 4 heteroatoms. The molecule has 0 saturated carbocycles. The van der Waals surface area contributed by atoms with E-state index < -0.39 is 0 Å². The molecule has 0 unspecified atom stereocenters. The normalized spacial score (nSPS) is 11.0. The Labute approximate surface area is 132 Å². The number of halogens is 1. The van der Waals surface area contributed by atoms with Gasteiger partial charge >= 0.3 is 0 Å². The average molecular weight is 306 g/mol. The van der Waals surface area contributed by atoms with Gasteiger partial charge in [0.2, 0.25) is 0 Å². The molecule has 0 fully saturated rings. The smallest absolute Gasteiger partial charge is 0.183 e. The highest BCUT2D eigenvalue weighted by Crippen LogP contribution is 2.28. The van der Waals surface area contributed by atoms with Gasteiger partial charge in [0.1, 0.15) is 0 Å². The lowest BCUT2D eigenvalue weighted by Crippen LogP contribution is -1.89. The van der Waals surface area contributed by atoms with E-state index in [4.69, 9.17) is 11.6 Å². The first kappa shape index (κ1) is 13.0. The fourth-order valence-electron chi connectivity index (χ4n) is 2.51. The van der Waals surface area contributed by atoms with Crippen molar-refractivity contribution < 1.29 is 0 Å². The Morgan fingerprint density at radius 3 is 2.32 bits per heavy atom. The topological polar surface area (TPSA) is 30.2 Å². The molecule has 0 N–H and O–H groups in total. The lowest BCUT2D eigenvalue weighted by Gasteiger charge is -2.01. The molecule has 4 rings (SSSR count). The zero-order chi connectivity index (χ0) is 14.9. The van der Waals surface area contributed by atoms with Gasteiger partial charge in [-0.1, -0.05) is 54.1 Å². The molecule has 106 valence electrons. The Bertz CT molecular complexity index is 945. The Morgan fingerprint density at radius 2 is 1.50 bits per heavy atom. The van der Waals surface area contributed by atoms with Crippen LogP contribution in [-0.4, -0.2) is 14.6 Å². The lowest BCUT2D eigenvalue weighted by molar-refractivity contribution is 0.967. The standard InChI is InChI=1S/C18H12ClN3/c19-16-11-5-4-9-15(16)17-20-18-14(10-6-12-22(18)21-17)13-7-2-1-3-8-13/h1-12H. The Kier molecular flexibility index (Phi) is 3.13. The third-order valence-corrected chi connectivity index (χ3v) is 3.89. The monoisotopic (exact) mass is 305 g/mol. The van der Waals surface area contributed by atoms with Crippen molar-refractivity contribution in [3.63, 3.8) is 0 Å². The molecule has 0 atom stereocenters. The Balaban J connectivity index is 1.94. The molecule has 0 saturated heterocycles. The Hall–Kier alpha value is -2.65. The van der Waals surface area contributed by atoms with Crippen LogP contribution in [0.3, 0.4) is 0 Å². The summed E-state index contributed by atoms with van der Waals surface area (Å²) < 4.78 is 1.79. The number of fused-ring (bicyclic) bond motifs is 1. The fraction of sp³-hybridized carbons (Fsp3) is 0. The number of hydrogen-bond acceptors (Lipinski definition) is 2. The second kappa shape index (κ2) is 5.28. The fourth-order valence-corrected chi connectivity index (χ4v) is 2.73. The van der Waals surface area contributed by atoms with E-state index in [2.05, 4.69) is 28.3 Å². The minimum Gasteiger partial charge on any atom is -0.220 e. The van der Waals surface area contributed by atoms with Crippen LogP contribution in [0.25, 0.3) is 28.2 Å². The van der Waals surface area contributed by atoms with Crippen LogP contribution in [0.2, 0.25) is 5.02 Å². The largest absolute Gasteiger partial charge is 0.220 e. The van der Waals surface area contributed by atoms with E-state index in [0.29, 0.717) is 10.8 Å². The summed E-state index contributed by atoms with van der Waals surface area (Å²) in [6, 6.07) is 21.8. The molecule has 0 aliphatic rings. The molecule has 0 bridgehead atoms. The van der Waals surface area contributed by atoms with Crippen LogP contribution < -0.4 is 0 Å². The molecular formula is C18H12ClN3. The van der Waals surface area contributed by atoms with E-state index >= 15 is 0 Å². The number of aromatic nitrogens is 3. The molecule has 0 amide bonds. The summed E-state index contributed by atoms with van der Waals surface area (Å²) in [4.78, 5) is 4.69. The molecule has 2 heterocycles. The van der Waals surface area contributed by atoms with Gasteiger partial charge in [-0.2, -0.15) is 0 Å². The maximum absolute atomic E-state index is 6.25. The second-order valence-electron chi connectivity index (χ2n) is 4.97. The highest BCUT2D eigenvalue weighted by atomic mass is 35.5. The molecule has 22 heavy (non-hydrogen) atoms. The van der Waals surface area contributed by atoms with Crippen molar-refractivity contribution in [1.29, 1.82) is 0 Å². The van der Waals surface area contributed by atoms with Crippen molar-refractivity contribution in [2.75, 3.05) is 0 Å². The average Bonchev–Trinajstić information content (AvgIpc) is 3.00. The number of rotatable bonds is 2. The molecule has 0 aliphatic heterocycles. The van der Waals surface area contributed by atoms with Gasteiger partial charge in [-0.05, 0) is 29.8 Å². The first-order valence-electron chi connectivity index (χ1n) is 6.98.